The number of fused-ring (bicyclic) bond motifs is 2. The van der Waals surface area contributed by atoms with Crippen LogP contribution in [0.3, 0.4) is 0 Å². The fourth-order valence-corrected chi connectivity index (χ4v) is 5.08. The molecule has 1 aromatic carbocycles. The summed E-state index contributed by atoms with van der Waals surface area (Å²) in [5.74, 6) is 1.98. The lowest BCUT2D eigenvalue weighted by Gasteiger charge is -2.22. The molecule has 0 heterocycles. The Balaban J connectivity index is 1.79. The molecule has 2 fully saturated rings. The average Bonchev–Trinajstić information content (AvgIpc) is 3.00. The lowest BCUT2D eigenvalue weighted by molar-refractivity contribution is 0.390. The van der Waals surface area contributed by atoms with Gasteiger partial charge in [-0.3, -0.25) is 0 Å². The Morgan fingerprint density at radius 1 is 1.25 bits per heavy atom. The normalized spacial score (nSPS) is 28.8. The van der Waals surface area contributed by atoms with Crippen molar-refractivity contribution in [1.29, 1.82) is 0 Å². The monoisotopic (exact) mass is 295 g/mol. The predicted molar refractivity (Wildman–Crippen MR) is 77.3 cm³/mol. The van der Waals surface area contributed by atoms with Crippen molar-refractivity contribution in [2.24, 2.45) is 11.8 Å². The first-order valence-corrected chi connectivity index (χ1v) is 8.65. The maximum Gasteiger partial charge on any atom is 0.240 e. The first-order valence-electron chi connectivity index (χ1n) is 7.16. The second-order valence-corrected chi connectivity index (χ2v) is 7.75. The van der Waals surface area contributed by atoms with Gasteiger partial charge in [0.2, 0.25) is 10.0 Å². The molecule has 3 atom stereocenters. The van der Waals surface area contributed by atoms with Gasteiger partial charge in [-0.25, -0.2) is 13.1 Å². The van der Waals surface area contributed by atoms with E-state index < -0.39 is 10.0 Å². The van der Waals surface area contributed by atoms with E-state index >= 15 is 0 Å². The highest BCUT2D eigenvalue weighted by molar-refractivity contribution is 7.89. The fraction of sp³-hybridized carbons (Fsp3) is 0.600. The molecule has 1 aromatic rings. The minimum absolute atomic E-state index is 0.126. The third kappa shape index (κ3) is 2.44. The molecular weight excluding hydrogens is 274 g/mol. The molecule has 4 nitrogen and oxygen atoms in total. The SMILES string of the molecule is COc1ccc(S(=O)(=O)NC2CC3CCC2C3)cc1C. The van der Waals surface area contributed by atoms with Gasteiger partial charge in [-0.15, -0.1) is 0 Å². The van der Waals surface area contributed by atoms with Crippen LogP contribution in [0.25, 0.3) is 0 Å². The van der Waals surface area contributed by atoms with Gasteiger partial charge in [0.25, 0.3) is 0 Å². The van der Waals surface area contributed by atoms with Crippen molar-refractivity contribution in [2.75, 3.05) is 7.11 Å². The van der Waals surface area contributed by atoms with E-state index in [1.807, 2.05) is 6.92 Å². The summed E-state index contributed by atoms with van der Waals surface area (Å²) in [5.41, 5.74) is 0.836. The van der Waals surface area contributed by atoms with Crippen LogP contribution < -0.4 is 9.46 Å². The van der Waals surface area contributed by atoms with E-state index in [1.165, 1.54) is 19.3 Å². The lowest BCUT2D eigenvalue weighted by atomic mass is 9.96. The van der Waals surface area contributed by atoms with E-state index in [9.17, 15) is 8.42 Å². The van der Waals surface area contributed by atoms with Crippen molar-refractivity contribution in [3.63, 3.8) is 0 Å². The van der Waals surface area contributed by atoms with Gasteiger partial charge >= 0.3 is 0 Å². The van der Waals surface area contributed by atoms with E-state index in [0.29, 0.717) is 16.6 Å². The Morgan fingerprint density at radius 2 is 2.05 bits per heavy atom. The van der Waals surface area contributed by atoms with E-state index in [1.54, 1.807) is 25.3 Å². The number of aryl methyl sites for hydroxylation is 1. The smallest absolute Gasteiger partial charge is 0.240 e. The molecule has 0 saturated heterocycles. The van der Waals surface area contributed by atoms with Crippen LogP contribution in [0.15, 0.2) is 23.1 Å². The second kappa shape index (κ2) is 5.04. The summed E-state index contributed by atoms with van der Waals surface area (Å²) in [4.78, 5) is 0.332. The second-order valence-electron chi connectivity index (χ2n) is 6.03. The highest BCUT2D eigenvalue weighted by Crippen LogP contribution is 2.44. The molecule has 5 heteroatoms. The lowest BCUT2D eigenvalue weighted by Crippen LogP contribution is -2.38. The largest absolute Gasteiger partial charge is 0.496 e. The molecule has 1 N–H and O–H groups in total. The van der Waals surface area contributed by atoms with Gasteiger partial charge in [0.1, 0.15) is 5.75 Å². The fourth-order valence-electron chi connectivity index (χ4n) is 3.67. The number of hydrogen-bond acceptors (Lipinski definition) is 3. The van der Waals surface area contributed by atoms with Gasteiger partial charge in [-0.1, -0.05) is 6.42 Å². The van der Waals surface area contributed by atoms with Crippen molar-refractivity contribution < 1.29 is 13.2 Å². The Kier molecular flexibility index (Phi) is 3.50. The van der Waals surface area contributed by atoms with Crippen molar-refractivity contribution >= 4 is 10.0 Å². The Hall–Kier alpha value is -1.07. The van der Waals surface area contributed by atoms with Gasteiger partial charge in [0.05, 0.1) is 12.0 Å². The van der Waals surface area contributed by atoms with Crippen molar-refractivity contribution in [1.82, 2.24) is 4.72 Å². The van der Waals surface area contributed by atoms with Crippen molar-refractivity contribution in [3.05, 3.63) is 23.8 Å². The molecular formula is C15H21NO3S. The van der Waals surface area contributed by atoms with Crippen LogP contribution in [0, 0.1) is 18.8 Å². The summed E-state index contributed by atoms with van der Waals surface area (Å²) in [6, 6.07) is 5.13. The Labute approximate surface area is 120 Å². The molecule has 0 spiro atoms. The number of hydrogen-bond donors (Lipinski definition) is 1. The zero-order chi connectivity index (χ0) is 14.3. The number of nitrogens with one attached hydrogen (secondary N) is 1. The van der Waals surface area contributed by atoms with Crippen molar-refractivity contribution in [3.8, 4) is 5.75 Å². The number of methoxy groups -OCH3 is 1. The summed E-state index contributed by atoms with van der Waals surface area (Å²) >= 11 is 0. The summed E-state index contributed by atoms with van der Waals surface area (Å²) in [5, 5.41) is 0. The average molecular weight is 295 g/mol. The molecule has 2 aliphatic carbocycles. The number of sulfonamides is 1. The standard InChI is InChI=1S/C15H21NO3S/c1-10-7-13(5-6-15(10)19-2)20(17,18)16-14-9-11-3-4-12(14)8-11/h5-7,11-12,14,16H,3-4,8-9H2,1-2H3. The van der Waals surface area contributed by atoms with Gasteiger partial charge in [-0.2, -0.15) is 0 Å². The third-order valence-corrected chi connectivity index (χ3v) is 6.21. The molecule has 3 rings (SSSR count). The van der Waals surface area contributed by atoms with Gasteiger partial charge in [-0.05, 0) is 61.8 Å². The molecule has 2 aliphatic rings. The number of benzene rings is 1. The molecule has 0 radical (unpaired) electrons. The minimum atomic E-state index is -3.42. The molecule has 0 aromatic heterocycles. The predicted octanol–water partition coefficient (Wildman–Crippen LogP) is 2.47. The summed E-state index contributed by atoms with van der Waals surface area (Å²) in [6.07, 6.45) is 4.62. The van der Waals surface area contributed by atoms with E-state index in [4.69, 9.17) is 4.74 Å². The Morgan fingerprint density at radius 3 is 2.60 bits per heavy atom. The maximum absolute atomic E-state index is 12.5. The molecule has 3 unspecified atom stereocenters. The van der Waals surface area contributed by atoms with Crippen LogP contribution in [0.1, 0.15) is 31.2 Å². The zero-order valence-electron chi connectivity index (χ0n) is 11.9. The topological polar surface area (TPSA) is 55.4 Å². The Bertz CT molecular complexity index is 612. The van der Waals surface area contributed by atoms with Crippen LogP contribution >= 0.6 is 0 Å². The van der Waals surface area contributed by atoms with Gasteiger partial charge < -0.3 is 4.74 Å². The molecule has 20 heavy (non-hydrogen) atoms. The van der Waals surface area contributed by atoms with Crippen LogP contribution in [-0.2, 0) is 10.0 Å². The highest BCUT2D eigenvalue weighted by atomic mass is 32.2. The van der Waals surface area contributed by atoms with E-state index in [0.717, 1.165) is 17.9 Å². The first-order chi connectivity index (χ1) is 9.49. The summed E-state index contributed by atoms with van der Waals surface area (Å²) in [7, 11) is -1.83. The summed E-state index contributed by atoms with van der Waals surface area (Å²) in [6.45, 7) is 1.86. The zero-order valence-corrected chi connectivity index (χ0v) is 12.7. The first kappa shape index (κ1) is 13.9. The van der Waals surface area contributed by atoms with E-state index in [2.05, 4.69) is 4.72 Å². The van der Waals surface area contributed by atoms with Crippen molar-refractivity contribution in [2.45, 2.75) is 43.5 Å². The molecule has 0 aliphatic heterocycles. The molecule has 110 valence electrons. The van der Waals surface area contributed by atoms with E-state index in [-0.39, 0.29) is 6.04 Å². The number of ether oxygens (including phenoxy) is 1. The van der Waals surface area contributed by atoms with Crippen LogP contribution in [0.2, 0.25) is 0 Å². The quantitative estimate of drug-likeness (QED) is 0.928. The third-order valence-electron chi connectivity index (χ3n) is 4.72. The molecule has 2 bridgehead atoms. The number of rotatable bonds is 4. The van der Waals surface area contributed by atoms with Crippen LogP contribution in [0.4, 0.5) is 0 Å². The minimum Gasteiger partial charge on any atom is -0.496 e. The summed E-state index contributed by atoms with van der Waals surface area (Å²) < 4.78 is 33.0. The molecule has 0 amide bonds. The van der Waals surface area contributed by atoms with Gasteiger partial charge in [0, 0.05) is 6.04 Å². The van der Waals surface area contributed by atoms with Crippen LogP contribution in [-0.4, -0.2) is 21.6 Å². The maximum atomic E-state index is 12.5. The molecule has 2 saturated carbocycles. The highest BCUT2D eigenvalue weighted by Gasteiger charge is 2.41. The van der Waals surface area contributed by atoms with Gasteiger partial charge in [0.15, 0.2) is 0 Å². The van der Waals surface area contributed by atoms with Crippen LogP contribution in [0.5, 0.6) is 5.75 Å².